The van der Waals surface area contributed by atoms with Gasteiger partial charge in [-0.2, -0.15) is 5.10 Å². The molecule has 1 aliphatic rings. The monoisotopic (exact) mass is 236 g/mol. The summed E-state index contributed by atoms with van der Waals surface area (Å²) >= 11 is 0. The number of furan rings is 1. The molecule has 17 heavy (non-hydrogen) atoms. The van der Waals surface area contributed by atoms with Crippen molar-refractivity contribution >= 4 is 18.1 Å². The van der Waals surface area contributed by atoms with Gasteiger partial charge in [0.2, 0.25) is 0 Å². The summed E-state index contributed by atoms with van der Waals surface area (Å²) in [5.41, 5.74) is 6.99. The van der Waals surface area contributed by atoms with Crippen LogP contribution >= 0.6 is 0 Å². The molecule has 1 aromatic rings. The average Bonchev–Trinajstić information content (AvgIpc) is 2.78. The third kappa shape index (κ3) is 3.24. The van der Waals surface area contributed by atoms with Gasteiger partial charge in [0.25, 0.3) is 0 Å². The van der Waals surface area contributed by atoms with Crippen molar-refractivity contribution in [1.82, 2.24) is 5.43 Å². The molecule has 1 aliphatic heterocycles. The van der Waals surface area contributed by atoms with E-state index in [4.69, 9.17) is 10.2 Å². The van der Waals surface area contributed by atoms with Crippen molar-refractivity contribution in [3.63, 3.8) is 0 Å². The predicted octanol–water partition coefficient (Wildman–Crippen LogP) is 1.27. The van der Waals surface area contributed by atoms with E-state index in [-0.39, 0.29) is 0 Å². The van der Waals surface area contributed by atoms with Gasteiger partial charge < -0.3 is 15.1 Å². The fourth-order valence-electron chi connectivity index (χ4n) is 1.86. The number of amides is 2. The number of hydrogen-bond acceptors (Lipinski definition) is 4. The van der Waals surface area contributed by atoms with Crippen molar-refractivity contribution in [2.24, 2.45) is 10.8 Å². The first-order chi connectivity index (χ1) is 8.25. The molecule has 0 aliphatic carbocycles. The lowest BCUT2D eigenvalue weighted by atomic mass is 10.1. The molecule has 2 heterocycles. The molecule has 1 aromatic heterocycles. The van der Waals surface area contributed by atoms with Crippen molar-refractivity contribution in [1.29, 1.82) is 0 Å². The number of anilines is 1. The van der Waals surface area contributed by atoms with E-state index >= 15 is 0 Å². The molecule has 6 heteroatoms. The van der Waals surface area contributed by atoms with Crippen LogP contribution < -0.4 is 16.1 Å². The van der Waals surface area contributed by atoms with E-state index in [1.54, 1.807) is 0 Å². The zero-order valence-electron chi connectivity index (χ0n) is 9.56. The highest BCUT2D eigenvalue weighted by molar-refractivity contribution is 5.79. The first-order valence-corrected chi connectivity index (χ1v) is 5.69. The van der Waals surface area contributed by atoms with Crippen molar-refractivity contribution in [3.8, 4) is 0 Å². The Morgan fingerprint density at radius 3 is 2.88 bits per heavy atom. The second-order valence-electron chi connectivity index (χ2n) is 3.96. The fraction of sp³-hybridized carbons (Fsp3) is 0.455. The van der Waals surface area contributed by atoms with Crippen LogP contribution in [0.3, 0.4) is 0 Å². The van der Waals surface area contributed by atoms with Crippen LogP contribution in [0.4, 0.5) is 10.7 Å². The number of nitrogens with two attached hydrogens (primary N) is 1. The largest absolute Gasteiger partial charge is 0.440 e. The second kappa shape index (κ2) is 5.38. The maximum Gasteiger partial charge on any atom is 0.332 e. The average molecular weight is 236 g/mol. The van der Waals surface area contributed by atoms with Crippen LogP contribution in [0.5, 0.6) is 0 Å². The van der Waals surface area contributed by atoms with E-state index in [0.717, 1.165) is 19.0 Å². The molecule has 3 N–H and O–H groups in total. The predicted molar refractivity (Wildman–Crippen MR) is 65.1 cm³/mol. The normalized spacial score (nSPS) is 16.4. The Bertz CT molecular complexity index is 407. The zero-order chi connectivity index (χ0) is 12.1. The van der Waals surface area contributed by atoms with E-state index in [9.17, 15) is 4.79 Å². The quantitative estimate of drug-likeness (QED) is 0.612. The minimum Gasteiger partial charge on any atom is -0.440 e. The molecule has 1 saturated heterocycles. The molecule has 0 radical (unpaired) electrons. The Balaban J connectivity index is 1.95. The number of urea groups is 1. The van der Waals surface area contributed by atoms with E-state index in [1.165, 1.54) is 25.5 Å². The first-order valence-electron chi connectivity index (χ1n) is 5.69. The summed E-state index contributed by atoms with van der Waals surface area (Å²) in [6, 6.07) is 3.04. The van der Waals surface area contributed by atoms with E-state index in [2.05, 4.69) is 15.4 Å². The van der Waals surface area contributed by atoms with E-state index in [1.807, 2.05) is 12.1 Å². The number of nitrogens with zero attached hydrogens (tertiary/aromatic N) is 2. The molecule has 2 rings (SSSR count). The maximum atomic E-state index is 10.4. The van der Waals surface area contributed by atoms with Gasteiger partial charge in [-0.25, -0.2) is 10.2 Å². The van der Waals surface area contributed by atoms with Crippen molar-refractivity contribution in [3.05, 3.63) is 17.9 Å². The van der Waals surface area contributed by atoms with Crippen LogP contribution in [-0.2, 0) is 0 Å². The zero-order valence-corrected chi connectivity index (χ0v) is 9.56. The van der Waals surface area contributed by atoms with Gasteiger partial charge in [0.05, 0.1) is 6.21 Å². The number of carbonyl (C=O) groups excluding carboxylic acids is 1. The van der Waals surface area contributed by atoms with Crippen LogP contribution in [0.1, 0.15) is 25.0 Å². The Morgan fingerprint density at radius 2 is 2.18 bits per heavy atom. The molecule has 0 bridgehead atoms. The SMILES string of the molecule is NC(=O)NN=Cc1ccc(N2CCCCC2)o1. The third-order valence-corrected chi connectivity index (χ3v) is 2.65. The molecule has 0 spiro atoms. The van der Waals surface area contributed by atoms with Gasteiger partial charge in [-0.15, -0.1) is 0 Å². The molecule has 92 valence electrons. The molecule has 0 unspecified atom stereocenters. The lowest BCUT2D eigenvalue weighted by molar-refractivity contribution is 0.249. The Hall–Kier alpha value is -1.98. The van der Waals surface area contributed by atoms with Gasteiger partial charge in [0.1, 0.15) is 5.76 Å². The summed E-state index contributed by atoms with van der Waals surface area (Å²) in [4.78, 5) is 12.6. The molecule has 1 fully saturated rings. The molecule has 0 saturated carbocycles. The van der Waals surface area contributed by atoms with Gasteiger partial charge in [-0.3, -0.25) is 0 Å². The highest BCUT2D eigenvalue weighted by atomic mass is 16.4. The van der Waals surface area contributed by atoms with Gasteiger partial charge in [0.15, 0.2) is 5.88 Å². The summed E-state index contributed by atoms with van der Waals surface area (Å²) < 4.78 is 5.59. The standard InChI is InChI=1S/C11H16N4O2/c12-11(16)14-13-8-9-4-5-10(17-9)15-6-2-1-3-7-15/h4-5,8H,1-3,6-7H2,(H3,12,14,16). The molecule has 2 amide bonds. The van der Waals surface area contributed by atoms with E-state index in [0.29, 0.717) is 5.76 Å². The maximum absolute atomic E-state index is 10.4. The summed E-state index contributed by atoms with van der Waals surface area (Å²) in [7, 11) is 0. The third-order valence-electron chi connectivity index (χ3n) is 2.65. The number of primary amides is 1. The summed E-state index contributed by atoms with van der Waals surface area (Å²) in [5.74, 6) is 1.45. The van der Waals surface area contributed by atoms with E-state index < -0.39 is 6.03 Å². The highest BCUT2D eigenvalue weighted by Gasteiger charge is 2.13. The molecule has 0 aromatic carbocycles. The Morgan fingerprint density at radius 1 is 1.41 bits per heavy atom. The minimum atomic E-state index is -0.691. The summed E-state index contributed by atoms with van der Waals surface area (Å²) in [5, 5.41) is 3.64. The summed E-state index contributed by atoms with van der Waals surface area (Å²) in [6.45, 7) is 2.06. The molecule has 0 atom stereocenters. The minimum absolute atomic E-state index is 0.597. The van der Waals surface area contributed by atoms with Gasteiger partial charge in [-0.05, 0) is 25.3 Å². The van der Waals surface area contributed by atoms with Gasteiger partial charge in [0, 0.05) is 19.2 Å². The number of hydrazone groups is 1. The highest BCUT2D eigenvalue weighted by Crippen LogP contribution is 2.21. The number of piperidine rings is 1. The lowest BCUT2D eigenvalue weighted by Gasteiger charge is -2.25. The number of carbonyl (C=O) groups is 1. The van der Waals surface area contributed by atoms with Crippen molar-refractivity contribution < 1.29 is 9.21 Å². The van der Waals surface area contributed by atoms with Gasteiger partial charge in [-0.1, -0.05) is 0 Å². The van der Waals surface area contributed by atoms with Crippen LogP contribution in [0, 0.1) is 0 Å². The Kier molecular flexibility index (Phi) is 3.64. The summed E-state index contributed by atoms with van der Waals surface area (Å²) in [6.07, 6.45) is 5.12. The number of nitrogens with one attached hydrogen (secondary N) is 1. The first kappa shape index (κ1) is 11.5. The topological polar surface area (TPSA) is 83.9 Å². The molecular formula is C11H16N4O2. The van der Waals surface area contributed by atoms with Crippen LogP contribution in [-0.4, -0.2) is 25.3 Å². The smallest absolute Gasteiger partial charge is 0.332 e. The van der Waals surface area contributed by atoms with Crippen molar-refractivity contribution in [2.45, 2.75) is 19.3 Å². The molecule has 6 nitrogen and oxygen atoms in total. The van der Waals surface area contributed by atoms with Crippen LogP contribution in [0.15, 0.2) is 21.7 Å². The Labute approximate surface area is 99.5 Å². The van der Waals surface area contributed by atoms with Crippen LogP contribution in [0.25, 0.3) is 0 Å². The lowest BCUT2D eigenvalue weighted by Crippen LogP contribution is -2.28. The molecular weight excluding hydrogens is 220 g/mol. The fourth-order valence-corrected chi connectivity index (χ4v) is 1.86. The number of rotatable bonds is 3. The second-order valence-corrected chi connectivity index (χ2v) is 3.96. The van der Waals surface area contributed by atoms with Gasteiger partial charge >= 0.3 is 6.03 Å². The number of hydrogen-bond donors (Lipinski definition) is 2. The van der Waals surface area contributed by atoms with Crippen molar-refractivity contribution in [2.75, 3.05) is 18.0 Å². The van der Waals surface area contributed by atoms with Crippen LogP contribution in [0.2, 0.25) is 0 Å².